The van der Waals surface area contributed by atoms with Crippen LogP contribution in [0.15, 0.2) is 88.9 Å². The molecular weight excluding hydrogens is 482 g/mol. The number of benzene rings is 3. The van der Waals surface area contributed by atoms with E-state index >= 15 is 0 Å². The van der Waals surface area contributed by atoms with Crippen molar-refractivity contribution in [1.29, 1.82) is 0 Å². The van der Waals surface area contributed by atoms with Gasteiger partial charge in [0.05, 0.1) is 10.6 Å². The van der Waals surface area contributed by atoms with Crippen molar-refractivity contribution in [2.45, 2.75) is 44.4 Å². The van der Waals surface area contributed by atoms with Crippen LogP contribution in [0.2, 0.25) is 5.02 Å². The molecule has 0 aliphatic carbocycles. The molecule has 1 amide bonds. The number of halogens is 1. The maximum atomic E-state index is 13.4. The molecule has 0 spiro atoms. The van der Waals surface area contributed by atoms with Gasteiger partial charge in [-0.15, -0.1) is 0 Å². The highest BCUT2D eigenvalue weighted by atomic mass is 35.5. The van der Waals surface area contributed by atoms with Crippen LogP contribution in [-0.4, -0.2) is 26.6 Å². The van der Waals surface area contributed by atoms with Crippen LogP contribution in [0.1, 0.15) is 38.3 Å². The number of hydrogen-bond acceptors (Lipinski definition) is 4. The minimum absolute atomic E-state index is 0.0927. The molecule has 184 valence electrons. The molecule has 1 N–H and O–H groups in total. The molecule has 6 nitrogen and oxygen atoms in total. The Morgan fingerprint density at radius 3 is 2.17 bits per heavy atom. The molecule has 0 heterocycles. The summed E-state index contributed by atoms with van der Waals surface area (Å²) in [6.45, 7) is 7.50. The zero-order valence-corrected chi connectivity index (χ0v) is 21.9. The standard InChI is InChI=1S/C27H30ClN3O3S/c1-20-10-16-25(17-11-20)35(33,34)31(24-14-12-23(28)13-15-24)19-26(32)30-29-21(2)18-27(3,4)22-8-6-5-7-9-22/h5-17H,18-19H2,1-4H3,(H,30,32)/b29-21-. The van der Waals surface area contributed by atoms with E-state index in [-0.39, 0.29) is 10.3 Å². The molecule has 8 heteroatoms. The average molecular weight is 512 g/mol. The Bertz CT molecular complexity index is 1290. The average Bonchev–Trinajstić information content (AvgIpc) is 2.82. The monoisotopic (exact) mass is 511 g/mol. The van der Waals surface area contributed by atoms with Crippen molar-refractivity contribution < 1.29 is 13.2 Å². The molecule has 0 fully saturated rings. The minimum Gasteiger partial charge on any atom is -0.271 e. The third kappa shape index (κ3) is 6.93. The molecule has 3 aromatic rings. The van der Waals surface area contributed by atoms with Gasteiger partial charge in [0.2, 0.25) is 0 Å². The normalized spacial score (nSPS) is 12.3. The highest BCUT2D eigenvalue weighted by molar-refractivity contribution is 7.92. The van der Waals surface area contributed by atoms with Crippen LogP contribution in [0.5, 0.6) is 0 Å². The Hall–Kier alpha value is -3.16. The molecule has 0 aromatic heterocycles. The molecule has 0 aliphatic heterocycles. The first-order chi connectivity index (χ1) is 16.5. The smallest absolute Gasteiger partial charge is 0.264 e. The Kier molecular flexibility index (Phi) is 8.35. The van der Waals surface area contributed by atoms with Crippen molar-refractivity contribution in [2.24, 2.45) is 5.10 Å². The second-order valence-corrected chi connectivity index (χ2v) is 11.4. The Balaban J connectivity index is 1.79. The SMILES string of the molecule is C/C(CC(C)(C)c1ccccc1)=N/NC(=O)CN(c1ccc(Cl)cc1)S(=O)(=O)c1ccc(C)cc1. The van der Waals surface area contributed by atoms with Gasteiger partial charge in [-0.1, -0.05) is 73.5 Å². The second kappa shape index (κ2) is 11.1. The summed E-state index contributed by atoms with van der Waals surface area (Å²) in [7, 11) is -4.00. The number of nitrogens with one attached hydrogen (secondary N) is 1. The van der Waals surface area contributed by atoms with Gasteiger partial charge < -0.3 is 0 Å². The summed E-state index contributed by atoms with van der Waals surface area (Å²) in [5.74, 6) is -0.549. The van der Waals surface area contributed by atoms with Crippen LogP contribution in [0, 0.1) is 6.92 Å². The number of hydrazone groups is 1. The van der Waals surface area contributed by atoms with Gasteiger partial charge in [-0.25, -0.2) is 13.8 Å². The van der Waals surface area contributed by atoms with Crippen LogP contribution in [-0.2, 0) is 20.2 Å². The van der Waals surface area contributed by atoms with Crippen LogP contribution in [0.4, 0.5) is 5.69 Å². The molecule has 0 aliphatic rings. The third-order valence-electron chi connectivity index (χ3n) is 5.64. The molecule has 0 saturated carbocycles. The third-order valence-corrected chi connectivity index (χ3v) is 7.68. The summed E-state index contributed by atoms with van der Waals surface area (Å²) in [4.78, 5) is 12.9. The molecule has 3 rings (SSSR count). The molecule has 0 atom stereocenters. The number of carbonyl (C=O) groups is 1. The number of nitrogens with zero attached hydrogens (tertiary/aromatic N) is 2. The molecular formula is C27H30ClN3O3S. The van der Waals surface area contributed by atoms with E-state index in [2.05, 4.69) is 36.5 Å². The van der Waals surface area contributed by atoms with E-state index in [1.165, 1.54) is 17.7 Å². The first-order valence-corrected chi connectivity index (χ1v) is 13.0. The Labute approximate surface area is 212 Å². The van der Waals surface area contributed by atoms with E-state index < -0.39 is 22.5 Å². The van der Waals surface area contributed by atoms with E-state index in [0.717, 1.165) is 15.6 Å². The van der Waals surface area contributed by atoms with Crippen molar-refractivity contribution in [3.8, 4) is 0 Å². The number of amides is 1. The molecule has 0 saturated heterocycles. The summed E-state index contributed by atoms with van der Waals surface area (Å²) >= 11 is 5.99. The van der Waals surface area contributed by atoms with Crippen molar-refractivity contribution in [3.05, 3.63) is 95.0 Å². The quantitative estimate of drug-likeness (QED) is 0.295. The van der Waals surface area contributed by atoms with E-state index in [9.17, 15) is 13.2 Å². The predicted molar refractivity (Wildman–Crippen MR) is 142 cm³/mol. The zero-order chi connectivity index (χ0) is 25.6. The van der Waals surface area contributed by atoms with Crippen molar-refractivity contribution in [2.75, 3.05) is 10.8 Å². The fourth-order valence-electron chi connectivity index (χ4n) is 3.75. The summed E-state index contributed by atoms with van der Waals surface area (Å²) in [6.07, 6.45) is 0.625. The molecule has 35 heavy (non-hydrogen) atoms. The maximum Gasteiger partial charge on any atom is 0.264 e. The first-order valence-electron chi connectivity index (χ1n) is 11.2. The summed E-state index contributed by atoms with van der Waals surface area (Å²) in [5, 5.41) is 4.70. The lowest BCUT2D eigenvalue weighted by Crippen LogP contribution is -2.39. The first kappa shape index (κ1) is 26.4. The largest absolute Gasteiger partial charge is 0.271 e. The van der Waals surface area contributed by atoms with Crippen molar-refractivity contribution in [1.82, 2.24) is 5.43 Å². The van der Waals surface area contributed by atoms with Crippen LogP contribution in [0.3, 0.4) is 0 Å². The van der Waals surface area contributed by atoms with Gasteiger partial charge in [0, 0.05) is 10.7 Å². The van der Waals surface area contributed by atoms with Gasteiger partial charge in [0.25, 0.3) is 15.9 Å². The van der Waals surface area contributed by atoms with Gasteiger partial charge in [-0.05, 0) is 67.6 Å². The van der Waals surface area contributed by atoms with Gasteiger partial charge in [-0.3, -0.25) is 9.10 Å². The number of rotatable bonds is 9. The topological polar surface area (TPSA) is 78.8 Å². The van der Waals surface area contributed by atoms with Crippen molar-refractivity contribution >= 4 is 38.9 Å². The second-order valence-electron chi connectivity index (χ2n) is 9.11. The van der Waals surface area contributed by atoms with Crippen molar-refractivity contribution in [3.63, 3.8) is 0 Å². The fraction of sp³-hybridized carbons (Fsp3) is 0.259. The number of sulfonamides is 1. The van der Waals surface area contributed by atoms with Gasteiger partial charge >= 0.3 is 0 Å². The summed E-state index contributed by atoms with van der Waals surface area (Å²) in [5.41, 5.74) is 5.50. The van der Waals surface area contributed by atoms with Crippen LogP contribution >= 0.6 is 11.6 Å². The van der Waals surface area contributed by atoms with E-state index in [1.807, 2.05) is 32.0 Å². The lowest BCUT2D eigenvalue weighted by atomic mass is 9.80. The van der Waals surface area contributed by atoms with Crippen LogP contribution in [0.25, 0.3) is 0 Å². The lowest BCUT2D eigenvalue weighted by molar-refractivity contribution is -0.119. The molecule has 0 bridgehead atoms. The maximum absolute atomic E-state index is 13.4. The highest BCUT2D eigenvalue weighted by Crippen LogP contribution is 2.27. The molecule has 0 radical (unpaired) electrons. The predicted octanol–water partition coefficient (Wildman–Crippen LogP) is 5.70. The lowest BCUT2D eigenvalue weighted by Gasteiger charge is -2.25. The molecule has 3 aromatic carbocycles. The minimum atomic E-state index is -4.00. The zero-order valence-electron chi connectivity index (χ0n) is 20.3. The van der Waals surface area contributed by atoms with E-state index in [0.29, 0.717) is 17.1 Å². The fourth-order valence-corrected chi connectivity index (χ4v) is 5.30. The highest BCUT2D eigenvalue weighted by Gasteiger charge is 2.27. The van der Waals surface area contributed by atoms with E-state index in [1.54, 1.807) is 36.4 Å². The van der Waals surface area contributed by atoms with E-state index in [4.69, 9.17) is 11.6 Å². The summed E-state index contributed by atoms with van der Waals surface area (Å²) in [6, 6.07) is 22.9. The number of carbonyl (C=O) groups excluding carboxylic acids is 1. The number of aryl methyl sites for hydroxylation is 1. The van der Waals surface area contributed by atoms with Crippen LogP contribution < -0.4 is 9.73 Å². The summed E-state index contributed by atoms with van der Waals surface area (Å²) < 4.78 is 27.9. The van der Waals surface area contributed by atoms with Gasteiger partial charge in [-0.2, -0.15) is 5.10 Å². The number of hydrogen-bond donors (Lipinski definition) is 1. The van der Waals surface area contributed by atoms with Gasteiger partial charge in [0.15, 0.2) is 0 Å². The number of anilines is 1. The Morgan fingerprint density at radius 1 is 0.971 bits per heavy atom. The Morgan fingerprint density at radius 2 is 1.57 bits per heavy atom. The molecule has 0 unspecified atom stereocenters. The van der Waals surface area contributed by atoms with Gasteiger partial charge in [0.1, 0.15) is 6.54 Å².